The van der Waals surface area contributed by atoms with E-state index < -0.39 is 0 Å². The molecule has 0 saturated carbocycles. The Labute approximate surface area is 155 Å². The van der Waals surface area contributed by atoms with Crippen molar-refractivity contribution in [2.24, 2.45) is 0 Å². The summed E-state index contributed by atoms with van der Waals surface area (Å²) in [5.74, 6) is 0.00801. The molecule has 0 aliphatic heterocycles. The van der Waals surface area contributed by atoms with Gasteiger partial charge in [-0.25, -0.2) is 9.50 Å². The predicted octanol–water partition coefficient (Wildman–Crippen LogP) is 2.48. The van der Waals surface area contributed by atoms with E-state index in [0.29, 0.717) is 13.0 Å². The smallest absolute Gasteiger partial charge is 0.224 e. The van der Waals surface area contributed by atoms with Crippen molar-refractivity contribution in [1.29, 1.82) is 0 Å². The minimum atomic E-state index is 0.00801. The van der Waals surface area contributed by atoms with E-state index in [2.05, 4.69) is 26.3 Å². The average Bonchev–Trinajstić information content (AvgIpc) is 2.88. The second-order valence-corrected chi connectivity index (χ2v) is 7.40. The van der Waals surface area contributed by atoms with E-state index >= 15 is 0 Å². The Kier molecular flexibility index (Phi) is 5.06. The first-order valence-electron chi connectivity index (χ1n) is 8.22. The third-order valence-corrected chi connectivity index (χ3v) is 4.79. The zero-order valence-electron chi connectivity index (χ0n) is 14.9. The zero-order valence-corrected chi connectivity index (χ0v) is 16.5. The van der Waals surface area contributed by atoms with E-state index in [-0.39, 0.29) is 5.91 Å². The molecule has 0 bridgehead atoms. The average molecular weight is 404 g/mol. The highest BCUT2D eigenvalue weighted by atomic mass is 79.9. The fourth-order valence-corrected chi connectivity index (χ4v) is 3.25. The summed E-state index contributed by atoms with van der Waals surface area (Å²) in [5, 5.41) is 8.62. The van der Waals surface area contributed by atoms with Gasteiger partial charge < -0.3 is 10.2 Å². The van der Waals surface area contributed by atoms with Crippen LogP contribution < -0.4 is 5.32 Å². The van der Waals surface area contributed by atoms with Crippen LogP contribution in [-0.2, 0) is 11.2 Å². The van der Waals surface area contributed by atoms with Gasteiger partial charge in [0.15, 0.2) is 5.65 Å². The Bertz CT molecular complexity index is 948. The predicted molar refractivity (Wildman–Crippen MR) is 103 cm³/mol. The summed E-state index contributed by atoms with van der Waals surface area (Å²) in [6.07, 6.45) is 0.313. The maximum absolute atomic E-state index is 12.3. The second-order valence-electron chi connectivity index (χ2n) is 6.49. The summed E-state index contributed by atoms with van der Waals surface area (Å²) in [6, 6.07) is 5.98. The molecule has 1 N–H and O–H groups in total. The molecule has 132 valence electrons. The molecule has 0 aliphatic rings. The van der Waals surface area contributed by atoms with Crippen LogP contribution in [0.1, 0.15) is 17.0 Å². The van der Waals surface area contributed by atoms with Crippen LogP contribution in [0.25, 0.3) is 16.6 Å². The molecule has 7 heteroatoms. The Morgan fingerprint density at radius 1 is 1.32 bits per heavy atom. The Balaban J connectivity index is 1.93. The van der Waals surface area contributed by atoms with E-state index in [1.165, 1.54) is 0 Å². The summed E-state index contributed by atoms with van der Waals surface area (Å²) < 4.78 is 2.82. The fraction of sp³-hybridized carbons (Fsp3) is 0.389. The number of aryl methyl sites for hydroxylation is 2. The van der Waals surface area contributed by atoms with Crippen LogP contribution >= 0.6 is 15.9 Å². The highest BCUT2D eigenvalue weighted by molar-refractivity contribution is 9.10. The van der Waals surface area contributed by atoms with Crippen LogP contribution in [0, 0.1) is 13.8 Å². The van der Waals surface area contributed by atoms with Crippen molar-refractivity contribution in [2.75, 3.05) is 27.2 Å². The molecular weight excluding hydrogens is 382 g/mol. The quantitative estimate of drug-likeness (QED) is 0.710. The molecule has 0 atom stereocenters. The highest BCUT2D eigenvalue weighted by Gasteiger charge is 2.16. The van der Waals surface area contributed by atoms with Gasteiger partial charge in [0.25, 0.3) is 0 Å². The van der Waals surface area contributed by atoms with Gasteiger partial charge in [-0.2, -0.15) is 5.10 Å². The largest absolute Gasteiger partial charge is 0.355 e. The van der Waals surface area contributed by atoms with Crippen LogP contribution in [0.4, 0.5) is 0 Å². The van der Waals surface area contributed by atoms with E-state index in [0.717, 1.165) is 44.5 Å². The molecule has 0 saturated heterocycles. The lowest BCUT2D eigenvalue weighted by molar-refractivity contribution is -0.120. The van der Waals surface area contributed by atoms with Crippen LogP contribution in [0.5, 0.6) is 0 Å². The third-order valence-electron chi connectivity index (χ3n) is 4.29. The van der Waals surface area contributed by atoms with Gasteiger partial charge in [-0.3, -0.25) is 4.79 Å². The van der Waals surface area contributed by atoms with E-state index in [9.17, 15) is 4.79 Å². The number of benzene rings is 1. The third kappa shape index (κ3) is 3.67. The lowest BCUT2D eigenvalue weighted by Gasteiger charge is -2.13. The molecule has 2 aromatic heterocycles. The van der Waals surface area contributed by atoms with E-state index in [4.69, 9.17) is 4.98 Å². The first-order valence-corrected chi connectivity index (χ1v) is 9.01. The maximum Gasteiger partial charge on any atom is 0.224 e. The lowest BCUT2D eigenvalue weighted by atomic mass is 10.1. The van der Waals surface area contributed by atoms with Gasteiger partial charge in [-0.15, -0.1) is 0 Å². The monoisotopic (exact) mass is 403 g/mol. The van der Waals surface area contributed by atoms with Crippen molar-refractivity contribution in [1.82, 2.24) is 24.8 Å². The van der Waals surface area contributed by atoms with Crippen LogP contribution in [0.2, 0.25) is 0 Å². The van der Waals surface area contributed by atoms with Crippen LogP contribution in [0.3, 0.4) is 0 Å². The summed E-state index contributed by atoms with van der Waals surface area (Å²) in [5.41, 5.74) is 4.48. The number of hydrogen-bond acceptors (Lipinski definition) is 4. The van der Waals surface area contributed by atoms with Gasteiger partial charge >= 0.3 is 0 Å². The molecule has 1 amide bonds. The number of fused-ring (bicyclic) bond motifs is 3. The maximum atomic E-state index is 12.3. The molecule has 0 fully saturated rings. The molecular formula is C18H22BrN5O. The number of carbonyl (C=O) groups is 1. The van der Waals surface area contributed by atoms with E-state index in [1.807, 2.05) is 55.6 Å². The number of halogens is 1. The molecule has 2 heterocycles. The topological polar surface area (TPSA) is 62.5 Å². The van der Waals surface area contributed by atoms with Crippen LogP contribution in [0.15, 0.2) is 22.7 Å². The number of hydrogen-bond donors (Lipinski definition) is 1. The second kappa shape index (κ2) is 7.09. The van der Waals surface area contributed by atoms with Gasteiger partial charge in [0.1, 0.15) is 0 Å². The molecule has 0 unspecified atom stereocenters. The molecule has 6 nitrogen and oxygen atoms in total. The molecule has 0 radical (unpaired) electrons. The van der Waals surface area contributed by atoms with E-state index in [1.54, 1.807) is 0 Å². The molecule has 3 rings (SSSR count). The molecule has 3 aromatic rings. The summed E-state index contributed by atoms with van der Waals surface area (Å²) >= 11 is 3.48. The zero-order chi connectivity index (χ0) is 18.1. The molecule has 0 aliphatic carbocycles. The number of rotatable bonds is 5. The van der Waals surface area contributed by atoms with Crippen molar-refractivity contribution in [2.45, 2.75) is 20.3 Å². The first kappa shape index (κ1) is 17.8. The minimum absolute atomic E-state index is 0.00801. The van der Waals surface area contributed by atoms with Crippen molar-refractivity contribution >= 4 is 38.4 Å². The SMILES string of the molecule is Cc1nc2c3ccc(Br)cc3nn2c(C)c1CC(=O)NCCN(C)C. The Hall–Kier alpha value is -1.99. The number of nitrogens with zero attached hydrogens (tertiary/aromatic N) is 4. The van der Waals surface area contributed by atoms with Crippen LogP contribution in [-0.4, -0.2) is 52.6 Å². The Morgan fingerprint density at radius 3 is 2.80 bits per heavy atom. The Morgan fingerprint density at radius 2 is 2.08 bits per heavy atom. The van der Waals surface area contributed by atoms with Gasteiger partial charge in [0.2, 0.25) is 5.91 Å². The lowest BCUT2D eigenvalue weighted by Crippen LogP contribution is -2.32. The summed E-state index contributed by atoms with van der Waals surface area (Å²) in [4.78, 5) is 19.0. The summed E-state index contributed by atoms with van der Waals surface area (Å²) in [7, 11) is 3.97. The van der Waals surface area contributed by atoms with Crippen molar-refractivity contribution < 1.29 is 4.79 Å². The molecule has 0 spiro atoms. The number of aromatic nitrogens is 3. The van der Waals surface area contributed by atoms with Crippen molar-refractivity contribution in [3.63, 3.8) is 0 Å². The van der Waals surface area contributed by atoms with Crippen molar-refractivity contribution in [3.8, 4) is 0 Å². The normalized spacial score (nSPS) is 11.6. The molecule has 1 aromatic carbocycles. The number of nitrogens with one attached hydrogen (secondary N) is 1. The van der Waals surface area contributed by atoms with Gasteiger partial charge in [0, 0.05) is 39.9 Å². The molecule has 25 heavy (non-hydrogen) atoms. The van der Waals surface area contributed by atoms with Gasteiger partial charge in [-0.1, -0.05) is 15.9 Å². The number of likely N-dealkylation sites (N-methyl/N-ethyl adjacent to an activating group) is 1. The number of carbonyl (C=O) groups excluding carboxylic acids is 1. The standard InChI is InChI=1S/C18H22BrN5O/c1-11-15(10-17(25)20-7-8-23(3)4)12(2)24-18(21-11)14-6-5-13(19)9-16(14)22-24/h5-6,9H,7-8,10H2,1-4H3,(H,20,25). The van der Waals surface area contributed by atoms with Gasteiger partial charge in [0.05, 0.1) is 11.9 Å². The van der Waals surface area contributed by atoms with Crippen molar-refractivity contribution in [3.05, 3.63) is 39.6 Å². The summed E-state index contributed by atoms with van der Waals surface area (Å²) in [6.45, 7) is 5.40. The highest BCUT2D eigenvalue weighted by Crippen LogP contribution is 2.25. The fourth-order valence-electron chi connectivity index (χ4n) is 2.90. The number of amides is 1. The van der Waals surface area contributed by atoms with Gasteiger partial charge in [-0.05, 0) is 46.1 Å². The first-order chi connectivity index (χ1) is 11.9. The minimum Gasteiger partial charge on any atom is -0.355 e.